The molecule has 0 aliphatic carbocycles. The van der Waals surface area contributed by atoms with Gasteiger partial charge in [0.25, 0.3) is 0 Å². The van der Waals surface area contributed by atoms with Gasteiger partial charge in [-0.25, -0.2) is 4.39 Å². The van der Waals surface area contributed by atoms with Crippen LogP contribution in [0.2, 0.25) is 0 Å². The summed E-state index contributed by atoms with van der Waals surface area (Å²) in [7, 11) is 0. The number of halogens is 1. The van der Waals surface area contributed by atoms with E-state index in [1.165, 1.54) is 23.5 Å². The summed E-state index contributed by atoms with van der Waals surface area (Å²) in [6, 6.07) is 8.29. The van der Waals surface area contributed by atoms with Crippen LogP contribution in [0.15, 0.2) is 30.3 Å². The monoisotopic (exact) mass is 276 g/mol. The van der Waals surface area contributed by atoms with Crippen molar-refractivity contribution in [2.75, 3.05) is 6.61 Å². The lowest BCUT2D eigenvalue weighted by Gasteiger charge is -2.07. The van der Waals surface area contributed by atoms with E-state index >= 15 is 0 Å². The number of benzene rings is 1. The van der Waals surface area contributed by atoms with Crippen molar-refractivity contribution in [3.8, 4) is 17.6 Å². The van der Waals surface area contributed by atoms with Gasteiger partial charge in [-0.15, -0.1) is 11.3 Å². The van der Waals surface area contributed by atoms with Crippen molar-refractivity contribution >= 4 is 11.3 Å². The van der Waals surface area contributed by atoms with Crippen LogP contribution in [0.4, 0.5) is 4.39 Å². The molecule has 0 radical (unpaired) electrons. The molecule has 0 spiro atoms. The Morgan fingerprint density at radius 3 is 2.95 bits per heavy atom. The van der Waals surface area contributed by atoms with Crippen LogP contribution in [0.25, 0.3) is 0 Å². The zero-order valence-corrected chi connectivity index (χ0v) is 11.3. The lowest BCUT2D eigenvalue weighted by Crippen LogP contribution is -1.95. The van der Waals surface area contributed by atoms with E-state index in [1.807, 2.05) is 19.1 Å². The molecule has 1 aromatic carbocycles. The summed E-state index contributed by atoms with van der Waals surface area (Å²) < 4.78 is 18.7. The van der Waals surface area contributed by atoms with Crippen molar-refractivity contribution in [2.45, 2.75) is 13.5 Å². The molecular weight excluding hydrogens is 263 g/mol. The van der Waals surface area contributed by atoms with E-state index < -0.39 is 0 Å². The van der Waals surface area contributed by atoms with E-state index in [0.29, 0.717) is 12.4 Å². The minimum atomic E-state index is -0.304. The number of rotatable bonds is 3. The van der Waals surface area contributed by atoms with Crippen molar-refractivity contribution in [1.82, 2.24) is 0 Å². The highest BCUT2D eigenvalue weighted by Crippen LogP contribution is 2.22. The summed E-state index contributed by atoms with van der Waals surface area (Å²) >= 11 is 1.50. The lowest BCUT2D eigenvalue weighted by molar-refractivity contribution is 0.306. The van der Waals surface area contributed by atoms with Crippen LogP contribution in [0.3, 0.4) is 0 Å². The Bertz CT molecular complexity index is 623. The van der Waals surface area contributed by atoms with Gasteiger partial charge in [0, 0.05) is 10.9 Å². The molecule has 0 saturated carbocycles. The summed E-state index contributed by atoms with van der Waals surface area (Å²) in [4.78, 5) is 1.88. The zero-order chi connectivity index (χ0) is 13.7. The Morgan fingerprint density at radius 2 is 2.16 bits per heavy atom. The van der Waals surface area contributed by atoms with Crippen LogP contribution >= 0.6 is 11.3 Å². The van der Waals surface area contributed by atoms with E-state index in [0.717, 1.165) is 15.3 Å². The second kappa shape index (κ2) is 6.37. The molecule has 2 aromatic rings. The van der Waals surface area contributed by atoms with Gasteiger partial charge in [0.15, 0.2) is 0 Å². The maximum atomic E-state index is 13.1. The number of aliphatic hydroxyl groups excluding tert-OH is 1. The van der Waals surface area contributed by atoms with Gasteiger partial charge in [-0.2, -0.15) is 0 Å². The molecule has 2 rings (SSSR count). The van der Waals surface area contributed by atoms with Gasteiger partial charge >= 0.3 is 0 Å². The van der Waals surface area contributed by atoms with Gasteiger partial charge in [0.05, 0.1) is 4.88 Å². The van der Waals surface area contributed by atoms with Crippen LogP contribution in [-0.4, -0.2) is 11.7 Å². The number of hydrogen-bond acceptors (Lipinski definition) is 3. The summed E-state index contributed by atoms with van der Waals surface area (Å²) in [5.41, 5.74) is 0.901. The minimum absolute atomic E-state index is 0.147. The molecule has 1 N–H and O–H groups in total. The molecule has 0 unspecified atom stereocenters. The Balaban J connectivity index is 2.02. The summed E-state index contributed by atoms with van der Waals surface area (Å²) in [6.07, 6.45) is 0. The maximum Gasteiger partial charge on any atom is 0.126 e. The van der Waals surface area contributed by atoms with Gasteiger partial charge in [-0.05, 0) is 30.7 Å². The highest BCUT2D eigenvalue weighted by Gasteiger charge is 2.03. The smallest absolute Gasteiger partial charge is 0.126 e. The summed E-state index contributed by atoms with van der Waals surface area (Å²) in [6.45, 7) is 2.11. The standard InChI is InChI=1S/C15H13FO2S/c1-11-4-5-12(16)9-15(11)18-10-14-7-6-13(19-14)3-2-8-17/h4-7,9,17H,8,10H2,1H3. The highest BCUT2D eigenvalue weighted by atomic mass is 32.1. The van der Waals surface area contributed by atoms with Gasteiger partial charge in [-0.1, -0.05) is 17.9 Å². The van der Waals surface area contributed by atoms with Gasteiger partial charge in [0.1, 0.15) is 24.8 Å². The van der Waals surface area contributed by atoms with Crippen LogP contribution in [0, 0.1) is 24.6 Å². The SMILES string of the molecule is Cc1ccc(F)cc1OCc1ccc(C#CCO)s1. The number of ether oxygens (including phenoxy) is 1. The number of thiophene rings is 1. The third-order valence-electron chi connectivity index (χ3n) is 2.47. The fourth-order valence-electron chi connectivity index (χ4n) is 1.53. The first-order valence-corrected chi connectivity index (χ1v) is 6.58. The first-order valence-electron chi connectivity index (χ1n) is 5.76. The number of aliphatic hydroxyl groups is 1. The lowest BCUT2D eigenvalue weighted by atomic mass is 10.2. The molecule has 1 aromatic heterocycles. The Kier molecular flexibility index (Phi) is 4.56. The van der Waals surface area contributed by atoms with E-state index in [2.05, 4.69) is 11.8 Å². The fraction of sp³-hybridized carbons (Fsp3) is 0.200. The largest absolute Gasteiger partial charge is 0.488 e. The normalized spacial score (nSPS) is 9.84. The molecule has 98 valence electrons. The third kappa shape index (κ3) is 3.82. The molecule has 0 saturated heterocycles. The molecule has 0 aliphatic heterocycles. The quantitative estimate of drug-likeness (QED) is 0.873. The third-order valence-corrected chi connectivity index (χ3v) is 3.45. The van der Waals surface area contributed by atoms with Crippen molar-refractivity contribution in [3.05, 3.63) is 51.5 Å². The molecular formula is C15H13FO2S. The molecule has 0 amide bonds. The first kappa shape index (κ1) is 13.6. The predicted octanol–water partition coefficient (Wildman–Crippen LogP) is 3.12. The van der Waals surface area contributed by atoms with Gasteiger partial charge in [-0.3, -0.25) is 0 Å². The molecule has 0 atom stereocenters. The van der Waals surface area contributed by atoms with E-state index in [4.69, 9.17) is 9.84 Å². The average molecular weight is 276 g/mol. The van der Waals surface area contributed by atoms with Gasteiger partial charge in [0.2, 0.25) is 0 Å². The average Bonchev–Trinajstić information content (AvgIpc) is 2.85. The Morgan fingerprint density at radius 1 is 1.32 bits per heavy atom. The van der Waals surface area contributed by atoms with E-state index in [-0.39, 0.29) is 12.4 Å². The van der Waals surface area contributed by atoms with Crippen molar-refractivity contribution < 1.29 is 14.2 Å². The molecule has 1 heterocycles. The van der Waals surface area contributed by atoms with E-state index in [1.54, 1.807) is 6.07 Å². The fourth-order valence-corrected chi connectivity index (χ4v) is 2.32. The van der Waals surface area contributed by atoms with Crippen molar-refractivity contribution in [1.29, 1.82) is 0 Å². The topological polar surface area (TPSA) is 29.5 Å². The molecule has 4 heteroatoms. The Hall–Kier alpha value is -1.83. The van der Waals surface area contributed by atoms with E-state index in [9.17, 15) is 4.39 Å². The Labute approximate surface area is 115 Å². The van der Waals surface area contributed by atoms with Crippen LogP contribution in [0.5, 0.6) is 5.75 Å². The second-order valence-electron chi connectivity index (χ2n) is 3.92. The van der Waals surface area contributed by atoms with Crippen LogP contribution in [0.1, 0.15) is 15.3 Å². The maximum absolute atomic E-state index is 13.1. The molecule has 2 nitrogen and oxygen atoms in total. The number of aryl methyl sites for hydroxylation is 1. The molecule has 0 bridgehead atoms. The molecule has 0 fully saturated rings. The second-order valence-corrected chi connectivity index (χ2v) is 5.09. The first-order chi connectivity index (χ1) is 9.19. The zero-order valence-electron chi connectivity index (χ0n) is 10.4. The minimum Gasteiger partial charge on any atom is -0.488 e. The van der Waals surface area contributed by atoms with Crippen LogP contribution < -0.4 is 4.74 Å². The molecule has 19 heavy (non-hydrogen) atoms. The van der Waals surface area contributed by atoms with Crippen molar-refractivity contribution in [2.24, 2.45) is 0 Å². The predicted molar refractivity (Wildman–Crippen MR) is 73.8 cm³/mol. The molecule has 0 aliphatic rings. The summed E-state index contributed by atoms with van der Waals surface area (Å²) in [5, 5.41) is 8.61. The highest BCUT2D eigenvalue weighted by molar-refractivity contribution is 7.12. The van der Waals surface area contributed by atoms with Gasteiger partial charge < -0.3 is 9.84 Å². The van der Waals surface area contributed by atoms with Crippen LogP contribution in [-0.2, 0) is 6.61 Å². The summed E-state index contributed by atoms with van der Waals surface area (Å²) in [5.74, 6) is 5.68. The number of hydrogen-bond donors (Lipinski definition) is 1. The van der Waals surface area contributed by atoms with Crippen molar-refractivity contribution in [3.63, 3.8) is 0 Å².